The third kappa shape index (κ3) is 6.95. The summed E-state index contributed by atoms with van der Waals surface area (Å²) in [5.41, 5.74) is -0.0727. The highest BCUT2D eigenvalue weighted by molar-refractivity contribution is 5.99. The van der Waals surface area contributed by atoms with Crippen molar-refractivity contribution in [3.05, 3.63) is 63.6 Å². The fraction of sp³-hybridized carbons (Fsp3) is 0.458. The molecule has 32 heavy (non-hydrogen) atoms. The van der Waals surface area contributed by atoms with E-state index < -0.39 is 23.3 Å². The highest BCUT2D eigenvalue weighted by Crippen LogP contribution is 2.18. The molecule has 0 aliphatic rings. The van der Waals surface area contributed by atoms with E-state index in [2.05, 4.69) is 10.6 Å². The predicted molar refractivity (Wildman–Crippen MR) is 123 cm³/mol. The molecular weight excluding hydrogens is 410 g/mol. The average Bonchev–Trinajstić information content (AvgIpc) is 2.78. The van der Waals surface area contributed by atoms with Crippen LogP contribution < -0.4 is 20.8 Å². The van der Waals surface area contributed by atoms with Gasteiger partial charge in [0.2, 0.25) is 5.43 Å². The van der Waals surface area contributed by atoms with Gasteiger partial charge in [-0.1, -0.05) is 39.0 Å². The zero-order valence-electron chi connectivity index (χ0n) is 19.2. The number of amides is 2. The Kier molecular flexibility index (Phi) is 9.46. The van der Waals surface area contributed by atoms with E-state index in [9.17, 15) is 19.5 Å². The predicted octanol–water partition coefficient (Wildman–Crippen LogP) is 2.18. The molecule has 0 saturated carbocycles. The van der Waals surface area contributed by atoms with E-state index in [-0.39, 0.29) is 17.7 Å². The number of nitrogens with zero attached hydrogens (tertiary/aromatic N) is 1. The lowest BCUT2D eigenvalue weighted by Crippen LogP contribution is -2.38. The Labute approximate surface area is 188 Å². The monoisotopic (exact) mass is 443 g/mol. The summed E-state index contributed by atoms with van der Waals surface area (Å²) in [5.74, 6) is -0.0911. The van der Waals surface area contributed by atoms with Gasteiger partial charge in [0, 0.05) is 31.0 Å². The number of aromatic nitrogens is 1. The first-order valence-corrected chi connectivity index (χ1v) is 10.9. The Morgan fingerprint density at radius 3 is 2.31 bits per heavy atom. The van der Waals surface area contributed by atoms with Crippen LogP contribution in [0.15, 0.2) is 41.5 Å². The number of hydrogen-bond acceptors (Lipinski definition) is 5. The first-order valence-electron chi connectivity index (χ1n) is 10.9. The van der Waals surface area contributed by atoms with Crippen molar-refractivity contribution in [2.24, 2.45) is 5.92 Å². The van der Waals surface area contributed by atoms with Gasteiger partial charge in [-0.25, -0.2) is 0 Å². The van der Waals surface area contributed by atoms with Crippen molar-refractivity contribution in [2.45, 2.75) is 46.3 Å². The topological polar surface area (TPSA) is 110 Å². The molecule has 2 rings (SSSR count). The van der Waals surface area contributed by atoms with Crippen LogP contribution in [0.3, 0.4) is 0 Å². The van der Waals surface area contributed by atoms with Gasteiger partial charge in [-0.15, -0.1) is 0 Å². The molecule has 2 amide bonds. The lowest BCUT2D eigenvalue weighted by Gasteiger charge is -2.15. The first kappa shape index (κ1) is 25.1. The molecule has 174 valence electrons. The summed E-state index contributed by atoms with van der Waals surface area (Å²) in [5, 5.41) is 15.1. The number of ether oxygens (including phenoxy) is 1. The second-order valence-corrected chi connectivity index (χ2v) is 8.11. The van der Waals surface area contributed by atoms with Gasteiger partial charge in [-0.3, -0.25) is 14.4 Å². The van der Waals surface area contributed by atoms with Crippen LogP contribution >= 0.6 is 0 Å². The van der Waals surface area contributed by atoms with Crippen molar-refractivity contribution in [1.29, 1.82) is 0 Å². The van der Waals surface area contributed by atoms with E-state index in [0.29, 0.717) is 31.2 Å². The molecule has 0 spiro atoms. The second kappa shape index (κ2) is 12.0. The molecule has 0 bridgehead atoms. The van der Waals surface area contributed by atoms with Crippen LogP contribution in [0.1, 0.15) is 59.9 Å². The highest BCUT2D eigenvalue weighted by atomic mass is 16.5. The van der Waals surface area contributed by atoms with E-state index in [1.165, 1.54) is 12.4 Å². The van der Waals surface area contributed by atoms with Crippen molar-refractivity contribution >= 4 is 11.8 Å². The van der Waals surface area contributed by atoms with E-state index >= 15 is 0 Å². The van der Waals surface area contributed by atoms with Crippen molar-refractivity contribution in [3.63, 3.8) is 0 Å². The van der Waals surface area contributed by atoms with Gasteiger partial charge in [0.25, 0.3) is 11.8 Å². The van der Waals surface area contributed by atoms with Crippen LogP contribution in [0, 0.1) is 5.92 Å². The van der Waals surface area contributed by atoms with Gasteiger partial charge in [0.05, 0.1) is 19.8 Å². The number of hydrogen-bond donors (Lipinski definition) is 3. The third-order valence-electron chi connectivity index (χ3n) is 5.09. The van der Waals surface area contributed by atoms with E-state index in [1.807, 2.05) is 38.1 Å². The lowest BCUT2D eigenvalue weighted by molar-refractivity contribution is 0.0912. The second-order valence-electron chi connectivity index (χ2n) is 8.11. The van der Waals surface area contributed by atoms with Crippen LogP contribution in [0.4, 0.5) is 0 Å². The van der Waals surface area contributed by atoms with Gasteiger partial charge in [-0.2, -0.15) is 0 Å². The van der Waals surface area contributed by atoms with E-state index in [0.717, 1.165) is 12.0 Å². The minimum absolute atomic E-state index is 0.0199. The molecule has 0 aliphatic heterocycles. The Hall–Kier alpha value is -3.13. The fourth-order valence-electron chi connectivity index (χ4n) is 3.10. The summed E-state index contributed by atoms with van der Waals surface area (Å²) < 4.78 is 7.01. The normalized spacial score (nSPS) is 11.8. The Balaban J connectivity index is 2.40. The highest BCUT2D eigenvalue weighted by Gasteiger charge is 2.20. The number of carbonyl (C=O) groups is 2. The average molecular weight is 444 g/mol. The summed E-state index contributed by atoms with van der Waals surface area (Å²) in [6, 6.07) is 7.40. The van der Waals surface area contributed by atoms with E-state index in [1.54, 1.807) is 18.6 Å². The molecule has 0 saturated heterocycles. The van der Waals surface area contributed by atoms with Gasteiger partial charge in [0.15, 0.2) is 0 Å². The van der Waals surface area contributed by atoms with Gasteiger partial charge >= 0.3 is 0 Å². The summed E-state index contributed by atoms with van der Waals surface area (Å²) in [7, 11) is 1.57. The molecule has 1 unspecified atom stereocenters. The Morgan fingerprint density at radius 2 is 1.72 bits per heavy atom. The quantitative estimate of drug-likeness (QED) is 0.493. The molecular formula is C24H33N3O5. The van der Waals surface area contributed by atoms with Crippen LogP contribution in [0.5, 0.6) is 5.75 Å². The number of aliphatic hydroxyl groups is 1. The number of aliphatic hydroxyl groups excluding tert-OH is 1. The van der Waals surface area contributed by atoms with E-state index in [4.69, 9.17) is 4.74 Å². The fourth-order valence-corrected chi connectivity index (χ4v) is 3.10. The maximum absolute atomic E-state index is 13.0. The smallest absolute Gasteiger partial charge is 0.256 e. The Bertz CT molecular complexity index is 984. The molecule has 1 aromatic heterocycles. The summed E-state index contributed by atoms with van der Waals surface area (Å²) >= 11 is 0. The molecule has 0 aliphatic carbocycles. The maximum atomic E-state index is 13.0. The van der Waals surface area contributed by atoms with Crippen LogP contribution in [-0.2, 0) is 6.54 Å². The SMILES string of the molecule is CCC(O)CNC(=O)c1cn(Cc2ccccc2OC)cc(C(=O)NCCC(C)C)c1=O. The number of para-hydroxylation sites is 1. The molecule has 2 aromatic rings. The lowest BCUT2D eigenvalue weighted by atomic mass is 10.1. The largest absolute Gasteiger partial charge is 0.496 e. The number of benzene rings is 1. The molecule has 1 aromatic carbocycles. The van der Waals surface area contributed by atoms with Gasteiger partial charge in [0.1, 0.15) is 16.9 Å². The first-order chi connectivity index (χ1) is 15.3. The zero-order chi connectivity index (χ0) is 23.7. The number of methoxy groups -OCH3 is 1. The van der Waals surface area contributed by atoms with Crippen molar-refractivity contribution in [3.8, 4) is 5.75 Å². The maximum Gasteiger partial charge on any atom is 0.256 e. The molecule has 0 fully saturated rings. The third-order valence-corrected chi connectivity index (χ3v) is 5.09. The molecule has 3 N–H and O–H groups in total. The summed E-state index contributed by atoms with van der Waals surface area (Å²) in [6.45, 7) is 6.63. The number of rotatable bonds is 11. The summed E-state index contributed by atoms with van der Waals surface area (Å²) in [6.07, 6.45) is 3.41. The minimum Gasteiger partial charge on any atom is -0.496 e. The minimum atomic E-state index is -0.711. The van der Waals surface area contributed by atoms with Crippen molar-refractivity contribution in [2.75, 3.05) is 20.2 Å². The number of pyridine rings is 1. The molecule has 8 heteroatoms. The molecule has 8 nitrogen and oxygen atoms in total. The standard InChI is InChI=1S/C24H33N3O5/c1-5-18(28)12-26-24(31)20-15-27(13-17-8-6-7-9-21(17)32-4)14-19(22(20)29)23(30)25-11-10-16(2)3/h6-9,14-16,18,28H,5,10-13H2,1-4H3,(H,25,30)(H,26,31). The van der Waals surface area contributed by atoms with Crippen molar-refractivity contribution in [1.82, 2.24) is 15.2 Å². The number of nitrogens with one attached hydrogen (secondary N) is 2. The van der Waals surface area contributed by atoms with Crippen molar-refractivity contribution < 1.29 is 19.4 Å². The van der Waals surface area contributed by atoms with Crippen LogP contribution in [0.25, 0.3) is 0 Å². The molecule has 1 atom stereocenters. The summed E-state index contributed by atoms with van der Waals surface area (Å²) in [4.78, 5) is 38.4. The molecule has 0 radical (unpaired) electrons. The Morgan fingerprint density at radius 1 is 1.09 bits per heavy atom. The number of carbonyl (C=O) groups excluding carboxylic acids is 2. The van der Waals surface area contributed by atoms with Gasteiger partial charge < -0.3 is 25.0 Å². The molecule has 1 heterocycles. The van der Waals surface area contributed by atoms with Crippen LogP contribution in [0.2, 0.25) is 0 Å². The zero-order valence-corrected chi connectivity index (χ0v) is 19.2. The van der Waals surface area contributed by atoms with Gasteiger partial charge in [-0.05, 0) is 24.8 Å². The van der Waals surface area contributed by atoms with Crippen LogP contribution in [-0.4, -0.2) is 47.8 Å².